The molecule has 1 aliphatic heterocycles. The first kappa shape index (κ1) is 16.8. The van der Waals surface area contributed by atoms with Crippen LogP contribution in [-0.4, -0.2) is 56.1 Å². The SMILES string of the molecule is CCNC(c1ccc(C)c(Cl)c1)C1CN(C)CCCN1C. The zero-order chi connectivity index (χ0) is 15.4. The van der Waals surface area contributed by atoms with Gasteiger partial charge >= 0.3 is 0 Å². The van der Waals surface area contributed by atoms with Crippen LogP contribution in [0.2, 0.25) is 5.02 Å². The van der Waals surface area contributed by atoms with Gasteiger partial charge in [-0.05, 0) is 64.3 Å². The summed E-state index contributed by atoms with van der Waals surface area (Å²) in [6, 6.07) is 7.26. The molecule has 0 bridgehead atoms. The molecule has 0 spiro atoms. The molecule has 1 fully saturated rings. The molecule has 3 nitrogen and oxygen atoms in total. The van der Waals surface area contributed by atoms with Crippen LogP contribution < -0.4 is 5.32 Å². The molecule has 1 aromatic carbocycles. The second-order valence-electron chi connectivity index (χ2n) is 6.21. The van der Waals surface area contributed by atoms with Gasteiger partial charge in [0.2, 0.25) is 0 Å². The third kappa shape index (κ3) is 4.19. The number of hydrogen-bond donors (Lipinski definition) is 1. The highest BCUT2D eigenvalue weighted by Gasteiger charge is 2.29. The number of likely N-dealkylation sites (N-methyl/N-ethyl adjacent to an activating group) is 3. The van der Waals surface area contributed by atoms with E-state index < -0.39 is 0 Å². The molecule has 2 unspecified atom stereocenters. The Morgan fingerprint density at radius 2 is 2.10 bits per heavy atom. The normalized spacial score (nSPS) is 23.0. The third-order valence-electron chi connectivity index (χ3n) is 4.48. The van der Waals surface area contributed by atoms with Gasteiger partial charge in [0, 0.05) is 23.7 Å². The van der Waals surface area contributed by atoms with Crippen LogP contribution in [0.3, 0.4) is 0 Å². The van der Waals surface area contributed by atoms with E-state index >= 15 is 0 Å². The molecule has 1 heterocycles. The number of nitrogens with zero attached hydrogens (tertiary/aromatic N) is 2. The Morgan fingerprint density at radius 3 is 2.76 bits per heavy atom. The van der Waals surface area contributed by atoms with E-state index in [1.165, 1.54) is 18.5 Å². The summed E-state index contributed by atoms with van der Waals surface area (Å²) in [6.07, 6.45) is 1.23. The van der Waals surface area contributed by atoms with Crippen molar-refractivity contribution in [3.8, 4) is 0 Å². The minimum atomic E-state index is 0.318. The van der Waals surface area contributed by atoms with Gasteiger partial charge in [-0.2, -0.15) is 0 Å². The Balaban J connectivity index is 2.29. The highest BCUT2D eigenvalue weighted by molar-refractivity contribution is 6.31. The number of rotatable bonds is 4. The van der Waals surface area contributed by atoms with E-state index in [0.717, 1.165) is 30.2 Å². The first-order valence-corrected chi connectivity index (χ1v) is 8.29. The van der Waals surface area contributed by atoms with Crippen molar-refractivity contribution >= 4 is 11.6 Å². The van der Waals surface area contributed by atoms with E-state index in [-0.39, 0.29) is 0 Å². The fraction of sp³-hybridized carbons (Fsp3) is 0.647. The van der Waals surface area contributed by atoms with E-state index in [4.69, 9.17) is 11.6 Å². The molecule has 4 heteroatoms. The smallest absolute Gasteiger partial charge is 0.0491 e. The number of nitrogens with one attached hydrogen (secondary N) is 1. The molecule has 0 saturated carbocycles. The van der Waals surface area contributed by atoms with Gasteiger partial charge in [-0.3, -0.25) is 0 Å². The van der Waals surface area contributed by atoms with Gasteiger partial charge < -0.3 is 15.1 Å². The summed E-state index contributed by atoms with van der Waals surface area (Å²) in [5.74, 6) is 0. The standard InChI is InChI=1S/C17H28ClN3/c1-5-19-17(14-8-7-13(2)15(18)11-14)16-12-20(3)9-6-10-21(16)4/h7-8,11,16-17,19H,5-6,9-10,12H2,1-4H3. The molecule has 118 valence electrons. The topological polar surface area (TPSA) is 18.5 Å². The van der Waals surface area contributed by atoms with Crippen molar-refractivity contribution in [3.63, 3.8) is 0 Å². The first-order chi connectivity index (χ1) is 10.0. The van der Waals surface area contributed by atoms with Crippen LogP contribution >= 0.6 is 11.6 Å². The van der Waals surface area contributed by atoms with E-state index in [9.17, 15) is 0 Å². The lowest BCUT2D eigenvalue weighted by atomic mass is 9.96. The largest absolute Gasteiger partial charge is 0.309 e. The molecule has 0 aromatic heterocycles. The number of halogens is 1. The third-order valence-corrected chi connectivity index (χ3v) is 4.89. The van der Waals surface area contributed by atoms with Gasteiger partial charge in [-0.15, -0.1) is 0 Å². The van der Waals surface area contributed by atoms with Crippen molar-refractivity contribution in [2.75, 3.05) is 40.3 Å². The number of benzene rings is 1. The Bertz CT molecular complexity index is 463. The molecule has 2 rings (SSSR count). The highest BCUT2D eigenvalue weighted by atomic mass is 35.5. The van der Waals surface area contributed by atoms with Crippen molar-refractivity contribution in [1.29, 1.82) is 0 Å². The van der Waals surface area contributed by atoms with E-state index in [1.54, 1.807) is 0 Å². The van der Waals surface area contributed by atoms with Crippen LogP contribution in [0.25, 0.3) is 0 Å². The van der Waals surface area contributed by atoms with Crippen molar-refractivity contribution < 1.29 is 0 Å². The van der Waals surface area contributed by atoms with Crippen molar-refractivity contribution in [2.24, 2.45) is 0 Å². The van der Waals surface area contributed by atoms with E-state index in [1.807, 2.05) is 0 Å². The Morgan fingerprint density at radius 1 is 1.33 bits per heavy atom. The van der Waals surface area contributed by atoms with Gasteiger partial charge in [0.15, 0.2) is 0 Å². The molecule has 21 heavy (non-hydrogen) atoms. The quantitative estimate of drug-likeness (QED) is 0.922. The Hall–Kier alpha value is -0.610. The number of aryl methyl sites for hydroxylation is 1. The Labute approximate surface area is 134 Å². The van der Waals surface area contributed by atoms with Crippen LogP contribution in [0.1, 0.15) is 30.5 Å². The van der Waals surface area contributed by atoms with Gasteiger partial charge in [-0.25, -0.2) is 0 Å². The average molecular weight is 310 g/mol. The summed E-state index contributed by atoms with van der Waals surface area (Å²) in [4.78, 5) is 4.93. The zero-order valence-electron chi connectivity index (χ0n) is 13.7. The predicted octanol–water partition coefficient (Wildman–Crippen LogP) is 2.93. The van der Waals surface area contributed by atoms with Gasteiger partial charge in [0.25, 0.3) is 0 Å². The fourth-order valence-corrected chi connectivity index (χ4v) is 3.35. The van der Waals surface area contributed by atoms with Crippen LogP contribution in [0.15, 0.2) is 18.2 Å². The van der Waals surface area contributed by atoms with Crippen molar-refractivity contribution in [3.05, 3.63) is 34.3 Å². The molecule has 1 saturated heterocycles. The summed E-state index contributed by atoms with van der Waals surface area (Å²) < 4.78 is 0. The maximum Gasteiger partial charge on any atom is 0.0491 e. The zero-order valence-corrected chi connectivity index (χ0v) is 14.5. The maximum atomic E-state index is 6.34. The molecular formula is C17H28ClN3. The minimum absolute atomic E-state index is 0.318. The van der Waals surface area contributed by atoms with Crippen molar-refractivity contribution in [2.45, 2.75) is 32.4 Å². The summed E-state index contributed by atoms with van der Waals surface area (Å²) in [6.45, 7) is 8.60. The summed E-state index contributed by atoms with van der Waals surface area (Å²) >= 11 is 6.34. The summed E-state index contributed by atoms with van der Waals surface area (Å²) in [5.41, 5.74) is 2.43. The first-order valence-electron chi connectivity index (χ1n) is 7.91. The molecule has 0 aliphatic carbocycles. The van der Waals surface area contributed by atoms with Gasteiger partial charge in [-0.1, -0.05) is 30.7 Å². The van der Waals surface area contributed by atoms with Crippen LogP contribution in [0, 0.1) is 6.92 Å². The lowest BCUT2D eigenvalue weighted by Crippen LogP contribution is -2.47. The van der Waals surface area contributed by atoms with Gasteiger partial charge in [0.05, 0.1) is 0 Å². The number of hydrogen-bond acceptors (Lipinski definition) is 3. The molecule has 1 aromatic rings. The van der Waals surface area contributed by atoms with Crippen LogP contribution in [0.5, 0.6) is 0 Å². The van der Waals surface area contributed by atoms with Crippen molar-refractivity contribution in [1.82, 2.24) is 15.1 Å². The Kier molecular flexibility index (Phi) is 6.06. The average Bonchev–Trinajstić information content (AvgIpc) is 2.61. The molecule has 0 radical (unpaired) electrons. The second kappa shape index (κ2) is 7.59. The second-order valence-corrected chi connectivity index (χ2v) is 6.61. The summed E-state index contributed by atoms with van der Waals surface area (Å²) in [5, 5.41) is 4.53. The molecular weight excluding hydrogens is 282 g/mol. The van der Waals surface area contributed by atoms with E-state index in [0.29, 0.717) is 12.1 Å². The monoisotopic (exact) mass is 309 g/mol. The molecule has 2 atom stereocenters. The highest BCUT2D eigenvalue weighted by Crippen LogP contribution is 2.27. The lowest BCUT2D eigenvalue weighted by Gasteiger charge is -2.35. The molecule has 1 N–H and O–H groups in total. The fourth-order valence-electron chi connectivity index (χ4n) is 3.16. The van der Waals surface area contributed by atoms with Gasteiger partial charge in [0.1, 0.15) is 0 Å². The lowest BCUT2D eigenvalue weighted by molar-refractivity contribution is 0.179. The van der Waals surface area contributed by atoms with Crippen LogP contribution in [-0.2, 0) is 0 Å². The van der Waals surface area contributed by atoms with Crippen LogP contribution in [0.4, 0.5) is 0 Å². The minimum Gasteiger partial charge on any atom is -0.309 e. The summed E-state index contributed by atoms with van der Waals surface area (Å²) in [7, 11) is 4.46. The molecule has 0 amide bonds. The molecule has 1 aliphatic rings. The predicted molar refractivity (Wildman–Crippen MR) is 91.1 cm³/mol. The van der Waals surface area contributed by atoms with E-state index in [2.05, 4.69) is 61.3 Å². The maximum absolute atomic E-state index is 6.34.